The molecule has 2 aromatic carbocycles. The van der Waals surface area contributed by atoms with Gasteiger partial charge >= 0.3 is 6.09 Å². The van der Waals surface area contributed by atoms with Crippen LogP contribution in [0, 0.1) is 5.82 Å². The third kappa shape index (κ3) is 3.04. The molecule has 1 aliphatic heterocycles. The van der Waals surface area contributed by atoms with E-state index in [-0.39, 0.29) is 11.3 Å². The van der Waals surface area contributed by atoms with E-state index in [4.69, 9.17) is 21.1 Å². The summed E-state index contributed by atoms with van der Waals surface area (Å²) in [5.74, 6) is -0.508. The highest BCUT2D eigenvalue weighted by Gasteiger charge is 2.46. The molecule has 0 unspecified atom stereocenters. The molecule has 140 valence electrons. The van der Waals surface area contributed by atoms with Crippen molar-refractivity contribution >= 4 is 29.7 Å². The zero-order valence-electron chi connectivity index (χ0n) is 14.4. The minimum Gasteiger partial charge on any atom is -0.453 e. The van der Waals surface area contributed by atoms with Gasteiger partial charge in [-0.3, -0.25) is 10.1 Å². The molecule has 0 atom stereocenters. The van der Waals surface area contributed by atoms with E-state index in [1.807, 2.05) is 0 Å². The molecule has 0 aromatic heterocycles. The maximum atomic E-state index is 14.3. The first kappa shape index (κ1) is 17.8. The number of carbonyl (C=O) groups is 2. The van der Waals surface area contributed by atoms with Crippen molar-refractivity contribution in [1.29, 1.82) is 0 Å². The van der Waals surface area contributed by atoms with Gasteiger partial charge in [-0.1, -0.05) is 24.1 Å². The van der Waals surface area contributed by atoms with Crippen molar-refractivity contribution in [3.8, 4) is 11.5 Å². The second kappa shape index (κ2) is 6.85. The smallest absolute Gasteiger partial charge is 0.412 e. The van der Waals surface area contributed by atoms with Gasteiger partial charge in [-0.25, -0.2) is 9.18 Å². The van der Waals surface area contributed by atoms with Gasteiger partial charge in [0.15, 0.2) is 17.9 Å². The molecule has 5 nitrogen and oxygen atoms in total. The number of aldehydes is 1. The lowest BCUT2D eigenvalue weighted by atomic mass is 9.77. The number of benzene rings is 2. The number of nitrogens with one attached hydrogen (secondary N) is 1. The van der Waals surface area contributed by atoms with Crippen LogP contribution in [0.3, 0.4) is 0 Å². The molecular formula is C20H17ClFNO4. The Balaban J connectivity index is 1.88. The Hall–Kier alpha value is -2.60. The Labute approximate surface area is 160 Å². The van der Waals surface area contributed by atoms with Crippen LogP contribution in [0.15, 0.2) is 30.3 Å². The summed E-state index contributed by atoms with van der Waals surface area (Å²) in [7, 11) is 0. The van der Waals surface area contributed by atoms with Crippen LogP contribution in [0.1, 0.15) is 48.0 Å². The standard InChI is InChI=1S/C20H17ClFNO4/c21-13-7-8-15(26-18-12(11-24)5-4-6-14(18)22)16-17(13)23-19(25)27-20(16)9-2-1-3-10-20/h4-8,11H,1-3,9-10H2,(H,23,25). The van der Waals surface area contributed by atoms with Gasteiger partial charge in [0, 0.05) is 0 Å². The highest BCUT2D eigenvalue weighted by Crippen LogP contribution is 2.52. The number of carbonyl (C=O) groups excluding carboxylic acids is 2. The number of hydrogen-bond donors (Lipinski definition) is 1. The number of rotatable bonds is 3. The minimum absolute atomic E-state index is 0.0946. The second-order valence-corrected chi connectivity index (χ2v) is 7.15. The predicted octanol–water partition coefficient (Wildman–Crippen LogP) is 5.81. The molecule has 1 aliphatic carbocycles. The van der Waals surface area contributed by atoms with Crippen LogP contribution in [0.5, 0.6) is 11.5 Å². The SMILES string of the molecule is O=Cc1cccc(F)c1Oc1ccc(Cl)c2c1C1(CCCCC1)OC(=O)N2. The lowest BCUT2D eigenvalue weighted by Gasteiger charge is -2.42. The molecule has 4 rings (SSSR count). The molecule has 2 aliphatic rings. The summed E-state index contributed by atoms with van der Waals surface area (Å²) in [6, 6.07) is 7.32. The topological polar surface area (TPSA) is 64.6 Å². The lowest BCUT2D eigenvalue weighted by Crippen LogP contribution is -2.41. The molecule has 1 saturated carbocycles. The number of fused-ring (bicyclic) bond motifs is 2. The van der Waals surface area contributed by atoms with E-state index in [1.54, 1.807) is 12.1 Å². The Morgan fingerprint density at radius 3 is 2.70 bits per heavy atom. The van der Waals surface area contributed by atoms with Crippen LogP contribution in [0.4, 0.5) is 14.9 Å². The maximum absolute atomic E-state index is 14.3. The lowest BCUT2D eigenvalue weighted by molar-refractivity contribution is -0.0192. The van der Waals surface area contributed by atoms with Crippen molar-refractivity contribution in [2.75, 3.05) is 5.32 Å². The van der Waals surface area contributed by atoms with Crippen LogP contribution in [-0.2, 0) is 10.3 Å². The van der Waals surface area contributed by atoms with Gasteiger partial charge < -0.3 is 9.47 Å². The fourth-order valence-corrected chi connectivity index (χ4v) is 4.09. The summed E-state index contributed by atoms with van der Waals surface area (Å²) in [6.45, 7) is 0. The first-order chi connectivity index (χ1) is 13.0. The van der Waals surface area contributed by atoms with E-state index in [1.165, 1.54) is 18.2 Å². The van der Waals surface area contributed by atoms with E-state index in [2.05, 4.69) is 5.32 Å². The molecular weight excluding hydrogens is 373 g/mol. The number of anilines is 1. The van der Waals surface area contributed by atoms with E-state index < -0.39 is 17.5 Å². The average molecular weight is 390 g/mol. The summed E-state index contributed by atoms with van der Waals surface area (Å²) in [6.07, 6.45) is 4.04. The molecule has 1 spiro atoms. The maximum Gasteiger partial charge on any atom is 0.412 e. The minimum atomic E-state index is -0.872. The fraction of sp³-hybridized carbons (Fsp3) is 0.300. The van der Waals surface area contributed by atoms with Crippen molar-refractivity contribution in [2.45, 2.75) is 37.7 Å². The molecule has 1 amide bonds. The highest BCUT2D eigenvalue weighted by atomic mass is 35.5. The van der Waals surface area contributed by atoms with Crippen molar-refractivity contribution in [3.05, 3.63) is 52.3 Å². The molecule has 27 heavy (non-hydrogen) atoms. The van der Waals surface area contributed by atoms with Crippen LogP contribution in [-0.4, -0.2) is 12.4 Å². The van der Waals surface area contributed by atoms with Gasteiger partial charge in [-0.05, 0) is 49.9 Å². The number of para-hydroxylation sites is 1. The van der Waals surface area contributed by atoms with Gasteiger partial charge in [0.25, 0.3) is 0 Å². The predicted molar refractivity (Wildman–Crippen MR) is 98.2 cm³/mol. The number of hydrogen-bond acceptors (Lipinski definition) is 4. The third-order valence-electron chi connectivity index (χ3n) is 5.08. The summed E-state index contributed by atoms with van der Waals surface area (Å²) in [4.78, 5) is 23.4. The zero-order chi connectivity index (χ0) is 19.0. The van der Waals surface area contributed by atoms with E-state index >= 15 is 0 Å². The van der Waals surface area contributed by atoms with Gasteiger partial charge in [-0.15, -0.1) is 0 Å². The molecule has 1 heterocycles. The fourth-order valence-electron chi connectivity index (χ4n) is 3.88. The zero-order valence-corrected chi connectivity index (χ0v) is 15.1. The Kier molecular flexibility index (Phi) is 4.52. The quantitative estimate of drug-likeness (QED) is 0.673. The van der Waals surface area contributed by atoms with E-state index in [9.17, 15) is 14.0 Å². The van der Waals surface area contributed by atoms with Crippen molar-refractivity contribution in [1.82, 2.24) is 0 Å². The van der Waals surface area contributed by atoms with Crippen molar-refractivity contribution in [3.63, 3.8) is 0 Å². The van der Waals surface area contributed by atoms with Crippen LogP contribution in [0.25, 0.3) is 0 Å². The largest absolute Gasteiger partial charge is 0.453 e. The van der Waals surface area contributed by atoms with Gasteiger partial charge in [0.2, 0.25) is 0 Å². The monoisotopic (exact) mass is 389 g/mol. The average Bonchev–Trinajstić information content (AvgIpc) is 2.66. The Morgan fingerprint density at radius 1 is 1.19 bits per heavy atom. The summed E-state index contributed by atoms with van der Waals surface area (Å²) in [5, 5.41) is 2.98. The second-order valence-electron chi connectivity index (χ2n) is 6.74. The molecule has 0 saturated heterocycles. The molecule has 0 radical (unpaired) electrons. The summed E-state index contributed by atoms with van der Waals surface area (Å²) < 4.78 is 25.9. The number of ether oxygens (including phenoxy) is 2. The van der Waals surface area contributed by atoms with Crippen molar-refractivity contribution in [2.24, 2.45) is 0 Å². The Morgan fingerprint density at radius 2 is 1.96 bits per heavy atom. The van der Waals surface area contributed by atoms with Crippen LogP contribution >= 0.6 is 11.6 Å². The Bertz CT molecular complexity index is 924. The van der Waals surface area contributed by atoms with Gasteiger partial charge in [0.1, 0.15) is 11.4 Å². The number of halogens is 2. The van der Waals surface area contributed by atoms with Crippen molar-refractivity contribution < 1.29 is 23.5 Å². The normalized spacial score (nSPS) is 17.6. The molecule has 7 heteroatoms. The van der Waals surface area contributed by atoms with E-state index in [0.717, 1.165) is 19.3 Å². The third-order valence-corrected chi connectivity index (χ3v) is 5.40. The molecule has 2 aromatic rings. The summed E-state index contributed by atoms with van der Waals surface area (Å²) >= 11 is 6.32. The first-order valence-electron chi connectivity index (χ1n) is 8.78. The van der Waals surface area contributed by atoms with Crippen LogP contribution in [0.2, 0.25) is 5.02 Å². The number of amides is 1. The highest BCUT2D eigenvalue weighted by molar-refractivity contribution is 6.34. The molecule has 0 bridgehead atoms. The molecule has 1 N–H and O–H groups in total. The summed E-state index contributed by atoms with van der Waals surface area (Å²) in [5.41, 5.74) is 0.228. The van der Waals surface area contributed by atoms with Gasteiger partial charge in [0.05, 0.1) is 21.8 Å². The van der Waals surface area contributed by atoms with Crippen LogP contribution < -0.4 is 10.1 Å². The van der Waals surface area contributed by atoms with Gasteiger partial charge in [-0.2, -0.15) is 0 Å². The first-order valence-corrected chi connectivity index (χ1v) is 9.16. The molecule has 1 fully saturated rings. The van der Waals surface area contributed by atoms with E-state index in [0.29, 0.717) is 41.2 Å².